The number of thioether (sulfide) groups is 1. The third kappa shape index (κ3) is 4.27. The van der Waals surface area contributed by atoms with Crippen LogP contribution in [0.15, 0.2) is 63.9 Å². The van der Waals surface area contributed by atoms with Crippen LogP contribution < -0.4 is 9.80 Å². The first-order valence-corrected chi connectivity index (χ1v) is 10.9. The zero-order chi connectivity index (χ0) is 23.0. The number of halogens is 1. The fraction of sp³-hybridized carbons (Fsp3) is 0.0909. The molecule has 0 bridgehead atoms. The van der Waals surface area contributed by atoms with Crippen LogP contribution in [0.4, 0.5) is 17.1 Å². The summed E-state index contributed by atoms with van der Waals surface area (Å²) in [6.45, 7) is 0. The molecule has 0 unspecified atom stereocenters. The molecule has 1 saturated heterocycles. The Morgan fingerprint density at radius 2 is 1.88 bits per heavy atom. The van der Waals surface area contributed by atoms with Gasteiger partial charge in [-0.05, 0) is 48.5 Å². The topological polar surface area (TPSA) is 79.8 Å². The predicted octanol–water partition coefficient (Wildman–Crippen LogP) is 5.98. The van der Waals surface area contributed by atoms with Crippen LogP contribution >= 0.6 is 35.6 Å². The molecule has 32 heavy (non-hydrogen) atoms. The molecule has 3 aromatic rings. The maximum Gasteiger partial charge on any atom is 0.281 e. The minimum Gasteiger partial charge on any atom is -0.456 e. The second-order valence-corrected chi connectivity index (χ2v) is 9.16. The number of nitrogens with zero attached hydrogens (tertiary/aromatic N) is 3. The van der Waals surface area contributed by atoms with Gasteiger partial charge in [-0.15, -0.1) is 0 Å². The van der Waals surface area contributed by atoms with Crippen molar-refractivity contribution in [3.63, 3.8) is 0 Å². The highest BCUT2D eigenvalue weighted by atomic mass is 35.5. The van der Waals surface area contributed by atoms with E-state index in [0.29, 0.717) is 32.0 Å². The Kier molecular flexibility index (Phi) is 6.05. The fourth-order valence-electron chi connectivity index (χ4n) is 3.16. The molecule has 0 N–H and O–H groups in total. The summed E-state index contributed by atoms with van der Waals surface area (Å²) < 4.78 is 6.19. The minimum absolute atomic E-state index is 0.161. The summed E-state index contributed by atoms with van der Waals surface area (Å²) in [6, 6.07) is 15.1. The van der Waals surface area contributed by atoms with Crippen molar-refractivity contribution in [1.29, 1.82) is 0 Å². The second-order valence-electron chi connectivity index (χ2n) is 7.05. The molecule has 1 aromatic heterocycles. The van der Waals surface area contributed by atoms with Crippen LogP contribution in [0.2, 0.25) is 5.02 Å². The molecule has 4 rings (SSSR count). The monoisotopic (exact) mass is 485 g/mol. The van der Waals surface area contributed by atoms with Crippen LogP contribution in [0.5, 0.6) is 0 Å². The third-order valence-electron chi connectivity index (χ3n) is 4.74. The number of rotatable bonds is 5. The highest BCUT2D eigenvalue weighted by Gasteiger charge is 2.33. The van der Waals surface area contributed by atoms with E-state index in [-0.39, 0.29) is 16.6 Å². The molecule has 0 atom stereocenters. The van der Waals surface area contributed by atoms with E-state index in [2.05, 4.69) is 0 Å². The molecule has 7 nitrogen and oxygen atoms in total. The summed E-state index contributed by atoms with van der Waals surface area (Å²) in [6.07, 6.45) is 1.58. The van der Waals surface area contributed by atoms with Crippen molar-refractivity contribution in [1.82, 2.24) is 0 Å². The van der Waals surface area contributed by atoms with Gasteiger partial charge in [0.25, 0.3) is 11.6 Å². The first-order chi connectivity index (χ1) is 15.2. The number of furan rings is 1. The molecule has 0 aliphatic carbocycles. The minimum atomic E-state index is -0.518. The molecule has 0 spiro atoms. The molecular weight excluding hydrogens is 470 g/mol. The fourth-order valence-corrected chi connectivity index (χ4v) is 4.60. The lowest BCUT2D eigenvalue weighted by Gasteiger charge is -2.17. The number of benzene rings is 2. The van der Waals surface area contributed by atoms with Crippen LogP contribution in [0.25, 0.3) is 17.4 Å². The van der Waals surface area contributed by atoms with Crippen molar-refractivity contribution in [2.24, 2.45) is 0 Å². The largest absolute Gasteiger partial charge is 0.456 e. The lowest BCUT2D eigenvalue weighted by Crippen LogP contribution is -2.27. The summed E-state index contributed by atoms with van der Waals surface area (Å²) in [5.41, 5.74) is 1.83. The summed E-state index contributed by atoms with van der Waals surface area (Å²) >= 11 is 12.5. The van der Waals surface area contributed by atoms with Crippen molar-refractivity contribution in [3.05, 3.63) is 80.4 Å². The number of thiocarbonyl (C=S) groups is 1. The van der Waals surface area contributed by atoms with E-state index in [4.69, 9.17) is 28.2 Å². The number of nitro groups is 1. The maximum absolute atomic E-state index is 13.0. The zero-order valence-corrected chi connectivity index (χ0v) is 19.3. The zero-order valence-electron chi connectivity index (χ0n) is 16.9. The van der Waals surface area contributed by atoms with Crippen molar-refractivity contribution >= 4 is 68.9 Å². The van der Waals surface area contributed by atoms with Gasteiger partial charge in [0.15, 0.2) is 4.32 Å². The molecule has 1 amide bonds. The van der Waals surface area contributed by atoms with Gasteiger partial charge in [0.1, 0.15) is 11.5 Å². The van der Waals surface area contributed by atoms with Gasteiger partial charge >= 0.3 is 0 Å². The molecule has 1 aliphatic heterocycles. The Labute approximate surface area is 198 Å². The molecule has 2 heterocycles. The average Bonchev–Trinajstić information content (AvgIpc) is 3.32. The molecular formula is C22H16ClN3O4S2. The van der Waals surface area contributed by atoms with Crippen LogP contribution in [-0.2, 0) is 4.79 Å². The van der Waals surface area contributed by atoms with Gasteiger partial charge in [0, 0.05) is 36.9 Å². The van der Waals surface area contributed by atoms with Crippen LogP contribution in [-0.4, -0.2) is 29.2 Å². The molecule has 162 valence electrons. The van der Waals surface area contributed by atoms with E-state index < -0.39 is 4.92 Å². The van der Waals surface area contributed by atoms with Crippen molar-refractivity contribution in [3.8, 4) is 11.3 Å². The Bertz CT molecular complexity index is 1270. The Hall–Kier alpha value is -3.14. The maximum atomic E-state index is 13.0. The number of nitro benzene ring substituents is 1. The summed E-state index contributed by atoms with van der Waals surface area (Å²) in [4.78, 5) is 27.7. The molecule has 1 aliphatic rings. The van der Waals surface area contributed by atoms with E-state index in [1.807, 2.05) is 43.3 Å². The lowest BCUT2D eigenvalue weighted by molar-refractivity contribution is -0.384. The van der Waals surface area contributed by atoms with Gasteiger partial charge in [-0.1, -0.05) is 35.6 Å². The van der Waals surface area contributed by atoms with Gasteiger partial charge in [-0.2, -0.15) is 0 Å². The Morgan fingerprint density at radius 1 is 1.16 bits per heavy atom. The number of carbonyl (C=O) groups excluding carboxylic acids is 1. The molecule has 2 aromatic carbocycles. The molecule has 0 radical (unpaired) electrons. The predicted molar refractivity (Wildman–Crippen MR) is 132 cm³/mol. The highest BCUT2D eigenvalue weighted by Crippen LogP contribution is 2.38. The van der Waals surface area contributed by atoms with Crippen LogP contribution in [0.3, 0.4) is 0 Å². The van der Waals surface area contributed by atoms with Crippen LogP contribution in [0.1, 0.15) is 5.76 Å². The van der Waals surface area contributed by atoms with Crippen LogP contribution in [0, 0.1) is 10.1 Å². The van der Waals surface area contributed by atoms with Gasteiger partial charge in [0.2, 0.25) is 0 Å². The molecule has 0 saturated carbocycles. The first-order valence-electron chi connectivity index (χ1n) is 9.34. The summed E-state index contributed by atoms with van der Waals surface area (Å²) in [7, 11) is 3.88. The Balaban J connectivity index is 1.61. The normalized spacial score (nSPS) is 15.0. The molecule has 1 fully saturated rings. The van der Waals surface area contributed by atoms with E-state index in [1.165, 1.54) is 28.8 Å². The number of hydrogen-bond acceptors (Lipinski definition) is 7. The summed E-state index contributed by atoms with van der Waals surface area (Å²) in [5.74, 6) is 0.426. The third-order valence-corrected chi connectivity index (χ3v) is 6.28. The SMILES string of the molecule is CN(C)c1ccc(N2C(=O)C(=Cc3ccc(-c4ccc(Cl)cc4[N+](=O)[O-])o3)SC2=S)cc1. The summed E-state index contributed by atoms with van der Waals surface area (Å²) in [5, 5.41) is 11.6. The van der Waals surface area contributed by atoms with Gasteiger partial charge < -0.3 is 9.32 Å². The smallest absolute Gasteiger partial charge is 0.281 e. The van der Waals surface area contributed by atoms with E-state index in [9.17, 15) is 14.9 Å². The van der Waals surface area contributed by atoms with Crippen molar-refractivity contribution in [2.45, 2.75) is 0 Å². The Morgan fingerprint density at radius 3 is 2.53 bits per heavy atom. The first kappa shape index (κ1) is 22.1. The highest BCUT2D eigenvalue weighted by molar-refractivity contribution is 8.27. The van der Waals surface area contributed by atoms with Gasteiger partial charge in [-0.3, -0.25) is 19.8 Å². The second kappa shape index (κ2) is 8.78. The quantitative estimate of drug-likeness (QED) is 0.190. The number of anilines is 2. The lowest BCUT2D eigenvalue weighted by atomic mass is 10.1. The van der Waals surface area contributed by atoms with E-state index in [0.717, 1.165) is 5.69 Å². The average molecular weight is 486 g/mol. The number of hydrogen-bond donors (Lipinski definition) is 0. The van der Waals surface area contributed by atoms with Gasteiger partial charge in [0.05, 0.1) is 21.1 Å². The van der Waals surface area contributed by atoms with Crippen molar-refractivity contribution in [2.75, 3.05) is 23.9 Å². The van der Waals surface area contributed by atoms with E-state index in [1.54, 1.807) is 24.3 Å². The standard InChI is InChI=1S/C22H16ClN3O4S2/c1-24(2)14-4-6-15(7-5-14)25-21(27)20(32-22(25)31)12-16-8-10-19(30-16)17-9-3-13(23)11-18(17)26(28)29/h3-12H,1-2H3. The van der Waals surface area contributed by atoms with Crippen molar-refractivity contribution < 1.29 is 14.1 Å². The molecule has 10 heteroatoms. The number of carbonyl (C=O) groups is 1. The van der Waals surface area contributed by atoms with E-state index >= 15 is 0 Å². The van der Waals surface area contributed by atoms with Gasteiger partial charge in [-0.25, -0.2) is 0 Å². The number of amides is 1.